The molecule has 3 aliphatic carbocycles. The van der Waals surface area contributed by atoms with E-state index in [0.29, 0.717) is 28.2 Å². The second kappa shape index (κ2) is 8.05. The molecule has 1 aromatic heterocycles. The maximum atomic E-state index is 12.5. The van der Waals surface area contributed by atoms with Crippen molar-refractivity contribution in [2.45, 2.75) is 38.1 Å². The molecular formula is C25H23Cl2N3O2. The van der Waals surface area contributed by atoms with Crippen LogP contribution in [0, 0.1) is 12.3 Å². The van der Waals surface area contributed by atoms with E-state index >= 15 is 0 Å². The summed E-state index contributed by atoms with van der Waals surface area (Å²) in [6.45, 7) is 2.01. The molecule has 3 saturated carbocycles. The first-order valence-electron chi connectivity index (χ1n) is 10.6. The zero-order valence-corrected chi connectivity index (χ0v) is 19.2. The summed E-state index contributed by atoms with van der Waals surface area (Å²) in [6.07, 6.45) is 5.19. The highest BCUT2D eigenvalue weighted by Crippen LogP contribution is 2.69. The van der Waals surface area contributed by atoms with Crippen molar-refractivity contribution in [3.63, 3.8) is 0 Å². The first-order chi connectivity index (χ1) is 15.3. The van der Waals surface area contributed by atoms with E-state index in [0.717, 1.165) is 36.1 Å². The highest BCUT2D eigenvalue weighted by molar-refractivity contribution is 6.31. The van der Waals surface area contributed by atoms with Crippen LogP contribution in [0.5, 0.6) is 5.75 Å². The van der Waals surface area contributed by atoms with Crippen LogP contribution < -0.4 is 10.1 Å². The summed E-state index contributed by atoms with van der Waals surface area (Å²) in [5, 5.41) is 4.90. The summed E-state index contributed by atoms with van der Waals surface area (Å²) in [4.78, 5) is 21.5. The van der Waals surface area contributed by atoms with Crippen LogP contribution in [-0.4, -0.2) is 27.9 Å². The Morgan fingerprint density at radius 1 is 1.09 bits per heavy atom. The van der Waals surface area contributed by atoms with E-state index in [9.17, 15) is 4.79 Å². The molecule has 2 aromatic carbocycles. The van der Waals surface area contributed by atoms with Crippen molar-refractivity contribution in [3.8, 4) is 17.0 Å². The van der Waals surface area contributed by atoms with Gasteiger partial charge >= 0.3 is 0 Å². The molecular weight excluding hydrogens is 445 g/mol. The number of hydrogen-bond donors (Lipinski definition) is 1. The standard InChI is InChI=1S/C25H23Cl2N3O2/c1-16-10-20(6-7-21(16)27)32-12-19(31)11-24-13-25(14-24,15-24)30-23-28-9-8-22(29-23)17-2-4-18(26)5-3-17/h2-10H,11-15H2,1H3,(H,28,29,30). The van der Waals surface area contributed by atoms with Crippen molar-refractivity contribution >= 4 is 34.9 Å². The number of ketones is 1. The van der Waals surface area contributed by atoms with Gasteiger partial charge < -0.3 is 10.1 Å². The second-order valence-corrected chi connectivity index (χ2v) is 9.97. The summed E-state index contributed by atoms with van der Waals surface area (Å²) in [6, 6.07) is 14.9. The van der Waals surface area contributed by atoms with Crippen LogP contribution >= 0.6 is 23.2 Å². The molecule has 32 heavy (non-hydrogen) atoms. The Balaban J connectivity index is 1.13. The lowest BCUT2D eigenvalue weighted by atomic mass is 9.38. The number of aromatic nitrogens is 2. The smallest absolute Gasteiger partial charge is 0.223 e. The molecule has 0 aliphatic heterocycles. The van der Waals surface area contributed by atoms with Gasteiger partial charge in [-0.25, -0.2) is 9.97 Å². The number of carbonyl (C=O) groups excluding carboxylic acids is 1. The summed E-state index contributed by atoms with van der Waals surface area (Å²) in [5.74, 6) is 1.43. The fourth-order valence-electron chi connectivity index (χ4n) is 5.10. The molecule has 2 bridgehead atoms. The average Bonchev–Trinajstić information content (AvgIpc) is 2.73. The minimum atomic E-state index is 0.00699. The Morgan fingerprint density at radius 3 is 2.56 bits per heavy atom. The third-order valence-electron chi connectivity index (χ3n) is 6.41. The minimum Gasteiger partial charge on any atom is -0.486 e. The molecule has 3 aromatic rings. The Bertz CT molecular complexity index is 1160. The summed E-state index contributed by atoms with van der Waals surface area (Å²) in [7, 11) is 0. The number of benzene rings is 2. The fraction of sp³-hybridized carbons (Fsp3) is 0.320. The van der Waals surface area contributed by atoms with Gasteiger partial charge in [0.05, 0.1) is 5.69 Å². The zero-order chi connectivity index (χ0) is 22.3. The van der Waals surface area contributed by atoms with E-state index in [-0.39, 0.29) is 23.3 Å². The number of nitrogens with one attached hydrogen (secondary N) is 1. The monoisotopic (exact) mass is 467 g/mol. The second-order valence-electron chi connectivity index (χ2n) is 9.12. The van der Waals surface area contributed by atoms with Gasteiger partial charge in [0, 0.05) is 33.8 Å². The van der Waals surface area contributed by atoms with Crippen LogP contribution in [0.2, 0.25) is 10.0 Å². The van der Waals surface area contributed by atoms with Gasteiger partial charge in [0.1, 0.15) is 12.4 Å². The van der Waals surface area contributed by atoms with Gasteiger partial charge in [-0.15, -0.1) is 0 Å². The molecule has 0 saturated heterocycles. The van der Waals surface area contributed by atoms with Crippen molar-refractivity contribution in [2.24, 2.45) is 5.41 Å². The molecule has 6 rings (SSSR count). The molecule has 3 fully saturated rings. The van der Waals surface area contributed by atoms with Crippen molar-refractivity contribution in [1.29, 1.82) is 0 Å². The maximum Gasteiger partial charge on any atom is 0.223 e. The molecule has 3 aliphatic rings. The molecule has 0 unspecified atom stereocenters. The summed E-state index contributed by atoms with van der Waals surface area (Å²) in [5.41, 5.74) is 2.89. The molecule has 7 heteroatoms. The number of carbonyl (C=O) groups is 1. The normalized spacial score (nSPS) is 23.1. The molecule has 0 amide bonds. The van der Waals surface area contributed by atoms with Crippen LogP contribution in [-0.2, 0) is 4.79 Å². The maximum absolute atomic E-state index is 12.5. The quantitative estimate of drug-likeness (QED) is 0.431. The fourth-order valence-corrected chi connectivity index (χ4v) is 5.34. The summed E-state index contributed by atoms with van der Waals surface area (Å²) < 4.78 is 5.67. The molecule has 1 heterocycles. The highest BCUT2D eigenvalue weighted by Gasteiger charge is 2.68. The lowest BCUT2D eigenvalue weighted by Gasteiger charge is -2.70. The van der Waals surface area contributed by atoms with Gasteiger partial charge in [0.25, 0.3) is 0 Å². The van der Waals surface area contributed by atoms with Crippen LogP contribution in [0.15, 0.2) is 54.7 Å². The van der Waals surface area contributed by atoms with Gasteiger partial charge in [0.2, 0.25) is 5.95 Å². The first kappa shape index (κ1) is 21.2. The molecule has 0 spiro atoms. The number of nitrogens with zero attached hydrogens (tertiary/aromatic N) is 2. The van der Waals surface area contributed by atoms with Gasteiger partial charge in [-0.1, -0.05) is 35.3 Å². The number of ether oxygens (including phenoxy) is 1. The third-order valence-corrected chi connectivity index (χ3v) is 7.09. The van der Waals surface area contributed by atoms with Gasteiger partial charge in [-0.3, -0.25) is 4.79 Å². The lowest BCUT2D eigenvalue weighted by molar-refractivity contribution is -0.147. The van der Waals surface area contributed by atoms with E-state index in [4.69, 9.17) is 27.9 Å². The molecule has 5 nitrogen and oxygen atoms in total. The zero-order valence-electron chi connectivity index (χ0n) is 17.7. The van der Waals surface area contributed by atoms with Crippen LogP contribution in [0.4, 0.5) is 5.95 Å². The Morgan fingerprint density at radius 2 is 1.84 bits per heavy atom. The Labute approximate surface area is 197 Å². The first-order valence-corrected chi connectivity index (χ1v) is 11.4. The number of anilines is 1. The van der Waals surface area contributed by atoms with E-state index in [2.05, 4.69) is 15.3 Å². The van der Waals surface area contributed by atoms with Gasteiger partial charge in [-0.2, -0.15) is 0 Å². The van der Waals surface area contributed by atoms with Crippen molar-refractivity contribution < 1.29 is 9.53 Å². The third kappa shape index (κ3) is 4.19. The minimum absolute atomic E-state index is 0.00699. The number of halogens is 2. The van der Waals surface area contributed by atoms with E-state index in [1.165, 1.54) is 0 Å². The number of Topliss-reactive ketones (excluding diaryl/α,β-unsaturated/α-hetero) is 1. The molecule has 0 radical (unpaired) electrons. The average molecular weight is 468 g/mol. The van der Waals surface area contributed by atoms with Crippen molar-refractivity contribution in [2.75, 3.05) is 11.9 Å². The predicted molar refractivity (Wildman–Crippen MR) is 126 cm³/mol. The Hall–Kier alpha value is -2.63. The predicted octanol–water partition coefficient (Wildman–Crippen LogP) is 6.13. The molecule has 1 N–H and O–H groups in total. The van der Waals surface area contributed by atoms with E-state index < -0.39 is 0 Å². The number of hydrogen-bond acceptors (Lipinski definition) is 5. The van der Waals surface area contributed by atoms with Crippen LogP contribution in [0.25, 0.3) is 11.3 Å². The molecule has 164 valence electrons. The summed E-state index contributed by atoms with van der Waals surface area (Å²) >= 11 is 12.0. The SMILES string of the molecule is Cc1cc(OCC(=O)CC23CC(Nc4nccc(-c5ccc(Cl)cc5)n4)(C2)C3)ccc1Cl. The van der Waals surface area contributed by atoms with Crippen LogP contribution in [0.1, 0.15) is 31.2 Å². The van der Waals surface area contributed by atoms with Crippen molar-refractivity contribution in [1.82, 2.24) is 9.97 Å². The highest BCUT2D eigenvalue weighted by atomic mass is 35.5. The number of rotatable bonds is 8. The van der Waals surface area contributed by atoms with Crippen molar-refractivity contribution in [3.05, 3.63) is 70.3 Å². The van der Waals surface area contributed by atoms with E-state index in [1.54, 1.807) is 18.3 Å². The number of aryl methyl sites for hydroxylation is 1. The largest absolute Gasteiger partial charge is 0.486 e. The molecule has 0 atom stereocenters. The van der Waals surface area contributed by atoms with Gasteiger partial charge in [0.15, 0.2) is 5.78 Å². The topological polar surface area (TPSA) is 64.1 Å². The van der Waals surface area contributed by atoms with Crippen LogP contribution in [0.3, 0.4) is 0 Å². The Kier molecular flexibility index (Phi) is 5.34. The van der Waals surface area contributed by atoms with Gasteiger partial charge in [-0.05, 0) is 73.6 Å². The lowest BCUT2D eigenvalue weighted by Crippen LogP contribution is -2.71. The van der Waals surface area contributed by atoms with E-state index in [1.807, 2.05) is 43.3 Å².